The zero-order valence-electron chi connectivity index (χ0n) is 6.43. The van der Waals surface area contributed by atoms with Crippen LogP contribution >= 0.6 is 0 Å². The zero-order valence-corrected chi connectivity index (χ0v) is 6.43. The Hall–Kier alpha value is -0.120. The maximum atomic E-state index is 5.26. The van der Waals surface area contributed by atoms with Gasteiger partial charge in [0.05, 0.1) is 13.2 Å². The molecule has 1 N–H and O–H groups in total. The van der Waals surface area contributed by atoms with Crippen LogP contribution in [0.3, 0.4) is 0 Å². The third-order valence-corrected chi connectivity index (χ3v) is 1.67. The Labute approximate surface area is 61.7 Å². The molecule has 0 spiro atoms. The molecule has 0 saturated carbocycles. The van der Waals surface area contributed by atoms with Gasteiger partial charge in [0, 0.05) is 26.3 Å². The SMILES string of the molecule is COCC[C@@H]1COCCN1. The van der Waals surface area contributed by atoms with Gasteiger partial charge >= 0.3 is 0 Å². The molecule has 1 aliphatic heterocycles. The second kappa shape index (κ2) is 4.66. The summed E-state index contributed by atoms with van der Waals surface area (Å²) >= 11 is 0. The van der Waals surface area contributed by atoms with Gasteiger partial charge in [-0.15, -0.1) is 0 Å². The van der Waals surface area contributed by atoms with E-state index in [0.717, 1.165) is 32.8 Å². The molecule has 3 nitrogen and oxygen atoms in total. The lowest BCUT2D eigenvalue weighted by molar-refractivity contribution is 0.0631. The molecule has 1 atom stereocenters. The van der Waals surface area contributed by atoms with E-state index in [4.69, 9.17) is 9.47 Å². The molecule has 0 aromatic carbocycles. The number of rotatable bonds is 3. The molecule has 0 aromatic rings. The summed E-state index contributed by atoms with van der Waals surface area (Å²) in [6, 6.07) is 0.508. The third kappa shape index (κ3) is 2.64. The normalized spacial score (nSPS) is 26.7. The van der Waals surface area contributed by atoms with Crippen LogP contribution < -0.4 is 5.32 Å². The number of morpholine rings is 1. The Morgan fingerprint density at radius 2 is 2.60 bits per heavy atom. The second-order valence-corrected chi connectivity index (χ2v) is 2.51. The van der Waals surface area contributed by atoms with Crippen molar-refractivity contribution in [1.82, 2.24) is 5.32 Å². The van der Waals surface area contributed by atoms with Gasteiger partial charge in [-0.2, -0.15) is 0 Å². The minimum atomic E-state index is 0.508. The van der Waals surface area contributed by atoms with Crippen molar-refractivity contribution in [1.29, 1.82) is 0 Å². The van der Waals surface area contributed by atoms with Crippen LogP contribution in [-0.2, 0) is 9.47 Å². The first-order chi connectivity index (χ1) is 4.93. The first-order valence-corrected chi connectivity index (χ1v) is 3.73. The van der Waals surface area contributed by atoms with Crippen LogP contribution in [-0.4, -0.2) is 39.5 Å². The molecule has 0 aliphatic carbocycles. The molecule has 1 saturated heterocycles. The van der Waals surface area contributed by atoms with E-state index in [1.807, 2.05) is 0 Å². The standard InChI is InChI=1S/C7H15NO2/c1-9-4-2-7-6-10-5-3-8-7/h7-8H,2-6H2,1H3/t7-/m1/s1. The van der Waals surface area contributed by atoms with Crippen LogP contribution in [0.25, 0.3) is 0 Å². The van der Waals surface area contributed by atoms with E-state index in [0.29, 0.717) is 6.04 Å². The molecular formula is C7H15NO2. The smallest absolute Gasteiger partial charge is 0.0621 e. The van der Waals surface area contributed by atoms with Gasteiger partial charge in [-0.25, -0.2) is 0 Å². The highest BCUT2D eigenvalue weighted by molar-refractivity contribution is 4.68. The quantitative estimate of drug-likeness (QED) is 0.607. The number of ether oxygens (including phenoxy) is 2. The molecular weight excluding hydrogens is 130 g/mol. The third-order valence-electron chi connectivity index (χ3n) is 1.67. The van der Waals surface area contributed by atoms with Gasteiger partial charge in [-0.1, -0.05) is 0 Å². The zero-order chi connectivity index (χ0) is 7.23. The van der Waals surface area contributed by atoms with E-state index in [-0.39, 0.29) is 0 Å². The first-order valence-electron chi connectivity index (χ1n) is 3.73. The number of hydrogen-bond acceptors (Lipinski definition) is 3. The van der Waals surface area contributed by atoms with Gasteiger partial charge in [0.1, 0.15) is 0 Å². The highest BCUT2D eigenvalue weighted by Crippen LogP contribution is 1.97. The highest BCUT2D eigenvalue weighted by Gasteiger charge is 2.11. The Morgan fingerprint density at radius 1 is 1.70 bits per heavy atom. The molecule has 0 unspecified atom stereocenters. The van der Waals surface area contributed by atoms with Gasteiger partial charge < -0.3 is 14.8 Å². The van der Waals surface area contributed by atoms with Gasteiger partial charge in [0.25, 0.3) is 0 Å². The molecule has 0 radical (unpaired) electrons. The Bertz CT molecular complexity index is 81.7. The van der Waals surface area contributed by atoms with Crippen molar-refractivity contribution in [2.45, 2.75) is 12.5 Å². The molecule has 0 bridgehead atoms. The molecule has 1 aliphatic rings. The lowest BCUT2D eigenvalue weighted by Gasteiger charge is -2.23. The molecule has 3 heteroatoms. The van der Waals surface area contributed by atoms with Gasteiger partial charge in [-0.05, 0) is 6.42 Å². The Morgan fingerprint density at radius 3 is 3.20 bits per heavy atom. The summed E-state index contributed by atoms with van der Waals surface area (Å²) in [6.07, 6.45) is 1.05. The van der Waals surface area contributed by atoms with Crippen molar-refractivity contribution in [3.05, 3.63) is 0 Å². The Balaban J connectivity index is 2.02. The fourth-order valence-corrected chi connectivity index (χ4v) is 1.07. The summed E-state index contributed by atoms with van der Waals surface area (Å²) in [6.45, 7) is 3.49. The topological polar surface area (TPSA) is 30.5 Å². The lowest BCUT2D eigenvalue weighted by Crippen LogP contribution is -2.41. The van der Waals surface area contributed by atoms with E-state index in [1.54, 1.807) is 7.11 Å². The van der Waals surface area contributed by atoms with Crippen molar-refractivity contribution in [2.75, 3.05) is 33.5 Å². The molecule has 0 amide bonds. The fraction of sp³-hybridized carbons (Fsp3) is 1.00. The Kier molecular flexibility index (Phi) is 3.72. The minimum absolute atomic E-state index is 0.508. The minimum Gasteiger partial charge on any atom is -0.385 e. The van der Waals surface area contributed by atoms with Crippen LogP contribution in [0.4, 0.5) is 0 Å². The summed E-state index contributed by atoms with van der Waals surface area (Å²) in [7, 11) is 1.73. The van der Waals surface area contributed by atoms with Crippen molar-refractivity contribution < 1.29 is 9.47 Å². The maximum absolute atomic E-state index is 5.26. The van der Waals surface area contributed by atoms with Crippen LogP contribution in [0.15, 0.2) is 0 Å². The van der Waals surface area contributed by atoms with E-state index in [9.17, 15) is 0 Å². The summed E-state index contributed by atoms with van der Waals surface area (Å²) in [5.41, 5.74) is 0. The first kappa shape index (κ1) is 7.98. The second-order valence-electron chi connectivity index (χ2n) is 2.51. The summed E-state index contributed by atoms with van der Waals surface area (Å²) in [5, 5.41) is 3.35. The van der Waals surface area contributed by atoms with Crippen LogP contribution in [0.2, 0.25) is 0 Å². The molecule has 10 heavy (non-hydrogen) atoms. The summed E-state index contributed by atoms with van der Waals surface area (Å²) < 4.78 is 10.2. The number of methoxy groups -OCH3 is 1. The molecule has 60 valence electrons. The predicted octanol–water partition coefficient (Wildman–Crippen LogP) is 0.0113. The van der Waals surface area contributed by atoms with E-state index in [2.05, 4.69) is 5.32 Å². The summed E-state index contributed by atoms with van der Waals surface area (Å²) in [5.74, 6) is 0. The number of nitrogens with one attached hydrogen (secondary N) is 1. The average molecular weight is 145 g/mol. The fourth-order valence-electron chi connectivity index (χ4n) is 1.07. The van der Waals surface area contributed by atoms with Crippen LogP contribution in [0.1, 0.15) is 6.42 Å². The lowest BCUT2D eigenvalue weighted by atomic mass is 10.2. The van der Waals surface area contributed by atoms with Crippen LogP contribution in [0, 0.1) is 0 Å². The average Bonchev–Trinajstić information content (AvgIpc) is 2.03. The number of hydrogen-bond donors (Lipinski definition) is 1. The highest BCUT2D eigenvalue weighted by atomic mass is 16.5. The molecule has 1 fully saturated rings. The predicted molar refractivity (Wildman–Crippen MR) is 39.1 cm³/mol. The van der Waals surface area contributed by atoms with Crippen molar-refractivity contribution in [3.8, 4) is 0 Å². The summed E-state index contributed by atoms with van der Waals surface area (Å²) in [4.78, 5) is 0. The van der Waals surface area contributed by atoms with Crippen molar-refractivity contribution in [2.24, 2.45) is 0 Å². The monoisotopic (exact) mass is 145 g/mol. The van der Waals surface area contributed by atoms with E-state index >= 15 is 0 Å². The molecule has 0 aromatic heterocycles. The van der Waals surface area contributed by atoms with Crippen molar-refractivity contribution in [3.63, 3.8) is 0 Å². The van der Waals surface area contributed by atoms with Crippen molar-refractivity contribution >= 4 is 0 Å². The molecule has 1 heterocycles. The van der Waals surface area contributed by atoms with E-state index in [1.165, 1.54) is 0 Å². The van der Waals surface area contributed by atoms with Gasteiger partial charge in [0.15, 0.2) is 0 Å². The van der Waals surface area contributed by atoms with Gasteiger partial charge in [-0.3, -0.25) is 0 Å². The largest absolute Gasteiger partial charge is 0.385 e. The maximum Gasteiger partial charge on any atom is 0.0621 e. The molecule has 1 rings (SSSR count). The van der Waals surface area contributed by atoms with E-state index < -0.39 is 0 Å². The van der Waals surface area contributed by atoms with Gasteiger partial charge in [0.2, 0.25) is 0 Å². The van der Waals surface area contributed by atoms with Crippen LogP contribution in [0.5, 0.6) is 0 Å².